The zero-order valence-electron chi connectivity index (χ0n) is 12.7. The van der Waals surface area contributed by atoms with Gasteiger partial charge in [0.1, 0.15) is 11.7 Å². The summed E-state index contributed by atoms with van der Waals surface area (Å²) in [6.45, 7) is 3.34. The molecule has 0 spiro atoms. The van der Waals surface area contributed by atoms with Gasteiger partial charge in [0.2, 0.25) is 0 Å². The van der Waals surface area contributed by atoms with Gasteiger partial charge in [-0.1, -0.05) is 0 Å². The number of hydrogen-bond acceptors (Lipinski definition) is 6. The minimum Gasteiger partial charge on any atom is -0.463 e. The Kier molecular flexibility index (Phi) is 5.10. The Labute approximate surface area is 132 Å². The Bertz CT molecular complexity index is 666. The molecule has 0 amide bonds. The summed E-state index contributed by atoms with van der Waals surface area (Å²) in [6, 6.07) is 5.49. The zero-order valence-corrected chi connectivity index (χ0v) is 12.7. The Morgan fingerprint density at radius 1 is 1.35 bits per heavy atom. The second-order valence-corrected chi connectivity index (χ2v) is 4.94. The van der Waals surface area contributed by atoms with Crippen molar-refractivity contribution in [2.75, 3.05) is 11.9 Å². The number of carbonyl (C=O) groups excluding carboxylic acids is 3. The topological polar surface area (TPSA) is 81.7 Å². The summed E-state index contributed by atoms with van der Waals surface area (Å²) in [5.74, 6) is -3.56. The highest BCUT2D eigenvalue weighted by Crippen LogP contribution is 2.28. The fraction of sp³-hybridized carbons (Fsp3) is 0.312. The van der Waals surface area contributed by atoms with Crippen LogP contribution in [0.2, 0.25) is 0 Å². The van der Waals surface area contributed by atoms with E-state index < -0.39 is 29.6 Å². The van der Waals surface area contributed by atoms with Crippen molar-refractivity contribution < 1.29 is 28.2 Å². The normalized spacial score (nSPS) is 18.3. The number of carbonyl (C=O) groups is 3. The maximum Gasteiger partial charge on any atom is 0.336 e. The van der Waals surface area contributed by atoms with Gasteiger partial charge in [-0.3, -0.25) is 9.59 Å². The molecule has 1 aromatic rings. The third kappa shape index (κ3) is 3.94. The fourth-order valence-corrected chi connectivity index (χ4v) is 2.28. The van der Waals surface area contributed by atoms with E-state index in [1.165, 1.54) is 24.3 Å². The van der Waals surface area contributed by atoms with E-state index in [2.05, 4.69) is 10.1 Å². The van der Waals surface area contributed by atoms with Crippen LogP contribution in [0.4, 0.5) is 10.1 Å². The number of rotatable bonds is 5. The molecule has 1 unspecified atom stereocenters. The average Bonchev–Trinajstić information content (AvgIpc) is 2.80. The molecule has 1 atom stereocenters. The molecule has 1 fully saturated rings. The van der Waals surface area contributed by atoms with Crippen molar-refractivity contribution in [2.45, 2.75) is 20.3 Å². The van der Waals surface area contributed by atoms with Crippen LogP contribution in [-0.2, 0) is 23.9 Å². The number of allylic oxidation sites excluding steroid dienone is 1. The fourth-order valence-electron chi connectivity index (χ4n) is 2.28. The van der Waals surface area contributed by atoms with Crippen LogP contribution in [0.3, 0.4) is 0 Å². The monoisotopic (exact) mass is 321 g/mol. The minimum atomic E-state index is -1.01. The van der Waals surface area contributed by atoms with Crippen molar-refractivity contribution in [3.05, 3.63) is 41.4 Å². The van der Waals surface area contributed by atoms with Crippen molar-refractivity contribution in [3.8, 4) is 0 Å². The minimum absolute atomic E-state index is 0.0343. The smallest absolute Gasteiger partial charge is 0.336 e. The first-order valence-corrected chi connectivity index (χ1v) is 7.07. The van der Waals surface area contributed by atoms with E-state index in [4.69, 9.17) is 4.74 Å². The largest absolute Gasteiger partial charge is 0.463 e. The molecule has 6 nitrogen and oxygen atoms in total. The van der Waals surface area contributed by atoms with E-state index >= 15 is 0 Å². The highest BCUT2D eigenvalue weighted by Gasteiger charge is 2.40. The third-order valence-corrected chi connectivity index (χ3v) is 3.29. The van der Waals surface area contributed by atoms with Gasteiger partial charge in [0.25, 0.3) is 0 Å². The highest BCUT2D eigenvalue weighted by atomic mass is 19.1. The lowest BCUT2D eigenvalue weighted by Crippen LogP contribution is -2.23. The third-order valence-electron chi connectivity index (χ3n) is 3.29. The van der Waals surface area contributed by atoms with E-state index in [1.54, 1.807) is 13.8 Å². The van der Waals surface area contributed by atoms with Crippen LogP contribution in [0.5, 0.6) is 0 Å². The first kappa shape index (κ1) is 16.7. The van der Waals surface area contributed by atoms with Gasteiger partial charge >= 0.3 is 17.9 Å². The van der Waals surface area contributed by atoms with Crippen molar-refractivity contribution in [3.63, 3.8) is 0 Å². The zero-order chi connectivity index (χ0) is 17.0. The summed E-state index contributed by atoms with van der Waals surface area (Å²) >= 11 is 0. The summed E-state index contributed by atoms with van der Waals surface area (Å²) in [7, 11) is 0. The number of halogens is 1. The number of nitrogens with one attached hydrogen (secondary N) is 1. The van der Waals surface area contributed by atoms with Gasteiger partial charge in [-0.05, 0) is 38.1 Å². The molecule has 7 heteroatoms. The molecule has 0 radical (unpaired) electrons. The highest BCUT2D eigenvalue weighted by molar-refractivity contribution is 6.04. The van der Waals surface area contributed by atoms with Gasteiger partial charge in [-0.2, -0.15) is 0 Å². The molecule has 0 bridgehead atoms. The molecule has 1 aliphatic heterocycles. The van der Waals surface area contributed by atoms with Crippen LogP contribution < -0.4 is 5.32 Å². The molecule has 1 aliphatic rings. The summed E-state index contributed by atoms with van der Waals surface area (Å²) in [5.41, 5.74) is 0.905. The molecule has 122 valence electrons. The van der Waals surface area contributed by atoms with Crippen LogP contribution in [0.25, 0.3) is 0 Å². The molecular formula is C16H16FNO5. The van der Waals surface area contributed by atoms with E-state index in [-0.39, 0.29) is 18.6 Å². The van der Waals surface area contributed by atoms with Crippen molar-refractivity contribution >= 4 is 23.6 Å². The molecule has 0 saturated carbocycles. The lowest BCUT2D eigenvalue weighted by molar-refractivity contribution is -0.153. The molecule has 0 aromatic heterocycles. The Morgan fingerprint density at radius 2 is 2.00 bits per heavy atom. The molecule has 1 saturated heterocycles. The molecule has 0 aliphatic carbocycles. The average molecular weight is 321 g/mol. The maximum atomic E-state index is 12.9. The van der Waals surface area contributed by atoms with Gasteiger partial charge in [-0.15, -0.1) is 0 Å². The summed E-state index contributed by atoms with van der Waals surface area (Å²) in [5, 5.41) is 2.91. The first-order chi connectivity index (χ1) is 10.9. The van der Waals surface area contributed by atoms with Crippen LogP contribution >= 0.6 is 0 Å². The maximum absolute atomic E-state index is 12.9. The van der Waals surface area contributed by atoms with E-state index in [9.17, 15) is 18.8 Å². The summed E-state index contributed by atoms with van der Waals surface area (Å²) in [6.07, 6.45) is -0.213. The van der Waals surface area contributed by atoms with Crippen LogP contribution in [0, 0.1) is 11.7 Å². The number of hydrogen-bond donors (Lipinski definition) is 1. The van der Waals surface area contributed by atoms with Gasteiger partial charge in [0, 0.05) is 11.4 Å². The Hall–Kier alpha value is -2.70. The Morgan fingerprint density at radius 3 is 2.52 bits per heavy atom. The molecule has 23 heavy (non-hydrogen) atoms. The SMILES string of the molecule is CCOC(=O)C(=C(C)Nc1ccc(F)cc1)C1CC(=O)OC1=O. The lowest BCUT2D eigenvalue weighted by atomic mass is 9.95. The molecule has 1 N–H and O–H groups in total. The van der Waals surface area contributed by atoms with Crippen molar-refractivity contribution in [1.82, 2.24) is 0 Å². The van der Waals surface area contributed by atoms with Gasteiger partial charge < -0.3 is 14.8 Å². The van der Waals surface area contributed by atoms with Crippen LogP contribution in [0.15, 0.2) is 35.5 Å². The van der Waals surface area contributed by atoms with Crippen LogP contribution in [-0.4, -0.2) is 24.5 Å². The summed E-state index contributed by atoms with van der Waals surface area (Å²) in [4.78, 5) is 35.2. The first-order valence-electron chi connectivity index (χ1n) is 7.07. The predicted octanol–water partition coefficient (Wildman–Crippen LogP) is 2.16. The number of benzene rings is 1. The van der Waals surface area contributed by atoms with E-state index in [0.29, 0.717) is 11.4 Å². The van der Waals surface area contributed by atoms with Crippen molar-refractivity contribution in [1.29, 1.82) is 0 Å². The predicted molar refractivity (Wildman–Crippen MR) is 78.6 cm³/mol. The molecular weight excluding hydrogens is 305 g/mol. The van der Waals surface area contributed by atoms with Crippen molar-refractivity contribution in [2.24, 2.45) is 5.92 Å². The number of esters is 3. The molecule has 1 aromatic carbocycles. The quantitative estimate of drug-likeness (QED) is 0.508. The molecule has 2 rings (SSSR count). The second-order valence-electron chi connectivity index (χ2n) is 4.94. The second kappa shape index (κ2) is 7.04. The standard InChI is InChI=1S/C16H16FNO5/c1-3-22-16(21)14(12-8-13(19)23-15(12)20)9(2)18-11-6-4-10(17)5-7-11/h4-7,12,18H,3,8H2,1-2H3. The lowest BCUT2D eigenvalue weighted by Gasteiger charge is -2.15. The van der Waals surface area contributed by atoms with Gasteiger partial charge in [-0.25, -0.2) is 9.18 Å². The van der Waals surface area contributed by atoms with Crippen LogP contribution in [0.1, 0.15) is 20.3 Å². The van der Waals surface area contributed by atoms with E-state index in [1.807, 2.05) is 0 Å². The number of ether oxygens (including phenoxy) is 2. The number of anilines is 1. The Balaban J connectivity index is 2.34. The van der Waals surface area contributed by atoms with Gasteiger partial charge in [0.15, 0.2) is 0 Å². The molecule has 1 heterocycles. The van der Waals surface area contributed by atoms with Gasteiger partial charge in [0.05, 0.1) is 18.6 Å². The summed E-state index contributed by atoms with van der Waals surface area (Å²) < 4.78 is 22.4. The van der Waals surface area contributed by atoms with E-state index in [0.717, 1.165) is 0 Å². The number of cyclic esters (lactones) is 2.